The average molecular weight is 363 g/mol. The van der Waals surface area contributed by atoms with Gasteiger partial charge in [0.1, 0.15) is 0 Å². The van der Waals surface area contributed by atoms with Crippen LogP contribution >= 0.6 is 11.6 Å². The molecule has 1 aromatic carbocycles. The van der Waals surface area contributed by atoms with Crippen LogP contribution in [-0.4, -0.2) is 28.1 Å². The van der Waals surface area contributed by atoms with Gasteiger partial charge < -0.3 is 15.2 Å². The van der Waals surface area contributed by atoms with Crippen molar-refractivity contribution in [2.45, 2.75) is 32.4 Å². The lowest BCUT2D eigenvalue weighted by atomic mass is 10.0. The Morgan fingerprint density at radius 2 is 1.88 bits per heavy atom. The summed E-state index contributed by atoms with van der Waals surface area (Å²) in [5.41, 5.74) is 0.980. The fourth-order valence-electron chi connectivity index (χ4n) is 2.19. The van der Waals surface area contributed by atoms with Crippen molar-refractivity contribution < 1.29 is 19.4 Å². The van der Waals surface area contributed by atoms with Gasteiger partial charge in [-0.05, 0) is 37.6 Å². The fraction of sp³-hybridized carbons (Fsp3) is 0.278. The van der Waals surface area contributed by atoms with E-state index in [1.165, 1.54) is 6.20 Å². The van der Waals surface area contributed by atoms with Crippen molar-refractivity contribution in [3.63, 3.8) is 0 Å². The van der Waals surface area contributed by atoms with E-state index in [1.807, 2.05) is 13.8 Å². The standard InChI is InChI=1S/C18H19ClN2O4/c1-11(2)25-16-8-5-13(10-20-16)18(24)21-15(9-17(22)23)12-3-6-14(19)7-4-12/h3-8,10-11,15H,9H2,1-2H3,(H,21,24)(H,22,23)/t15-/m0/s1. The molecule has 2 N–H and O–H groups in total. The van der Waals surface area contributed by atoms with Gasteiger partial charge in [-0.15, -0.1) is 0 Å². The quantitative estimate of drug-likeness (QED) is 0.787. The van der Waals surface area contributed by atoms with E-state index in [9.17, 15) is 9.59 Å². The largest absolute Gasteiger partial charge is 0.481 e. The third-order valence-electron chi connectivity index (χ3n) is 3.31. The Morgan fingerprint density at radius 1 is 1.20 bits per heavy atom. The number of carboxylic acid groups (broad SMARTS) is 1. The number of halogens is 1. The highest BCUT2D eigenvalue weighted by Crippen LogP contribution is 2.20. The maximum atomic E-state index is 12.4. The summed E-state index contributed by atoms with van der Waals surface area (Å²) in [6.45, 7) is 3.76. The first-order chi connectivity index (χ1) is 11.8. The van der Waals surface area contributed by atoms with Crippen molar-refractivity contribution >= 4 is 23.5 Å². The molecular weight excluding hydrogens is 344 g/mol. The molecule has 25 heavy (non-hydrogen) atoms. The summed E-state index contributed by atoms with van der Waals surface area (Å²) < 4.78 is 5.43. The van der Waals surface area contributed by atoms with Gasteiger partial charge in [-0.3, -0.25) is 9.59 Å². The van der Waals surface area contributed by atoms with Crippen molar-refractivity contribution in [2.75, 3.05) is 0 Å². The second kappa shape index (κ2) is 8.48. The predicted molar refractivity (Wildman–Crippen MR) is 93.9 cm³/mol. The van der Waals surface area contributed by atoms with Gasteiger partial charge in [0.2, 0.25) is 5.88 Å². The van der Waals surface area contributed by atoms with E-state index in [1.54, 1.807) is 36.4 Å². The smallest absolute Gasteiger partial charge is 0.305 e. The maximum absolute atomic E-state index is 12.4. The maximum Gasteiger partial charge on any atom is 0.305 e. The second-order valence-electron chi connectivity index (χ2n) is 5.73. The molecule has 1 amide bonds. The highest BCUT2D eigenvalue weighted by atomic mass is 35.5. The van der Waals surface area contributed by atoms with E-state index < -0.39 is 17.9 Å². The first kappa shape index (κ1) is 18.7. The first-order valence-corrected chi connectivity index (χ1v) is 8.14. The van der Waals surface area contributed by atoms with Gasteiger partial charge in [0.05, 0.1) is 24.1 Å². The number of carbonyl (C=O) groups excluding carboxylic acids is 1. The van der Waals surface area contributed by atoms with Crippen molar-refractivity contribution in [3.05, 3.63) is 58.7 Å². The molecule has 0 aliphatic heterocycles. The summed E-state index contributed by atoms with van der Waals surface area (Å²) in [5, 5.41) is 12.4. The van der Waals surface area contributed by atoms with Crippen molar-refractivity contribution in [1.82, 2.24) is 10.3 Å². The molecule has 2 rings (SSSR count). The minimum Gasteiger partial charge on any atom is -0.481 e. The van der Waals surface area contributed by atoms with Crippen LogP contribution < -0.4 is 10.1 Å². The molecule has 0 spiro atoms. The van der Waals surface area contributed by atoms with Gasteiger partial charge in [-0.25, -0.2) is 4.98 Å². The summed E-state index contributed by atoms with van der Waals surface area (Å²) in [4.78, 5) is 27.6. The molecule has 7 heteroatoms. The van der Waals surface area contributed by atoms with Crippen LogP contribution in [0.3, 0.4) is 0 Å². The normalized spacial score (nSPS) is 11.8. The summed E-state index contributed by atoms with van der Waals surface area (Å²) in [5.74, 6) is -1.00. The summed E-state index contributed by atoms with van der Waals surface area (Å²) in [6, 6.07) is 9.19. The average Bonchev–Trinajstić information content (AvgIpc) is 2.54. The Morgan fingerprint density at radius 3 is 2.40 bits per heavy atom. The number of hydrogen-bond acceptors (Lipinski definition) is 4. The van der Waals surface area contributed by atoms with Crippen LogP contribution in [0.4, 0.5) is 0 Å². The van der Waals surface area contributed by atoms with Crippen LogP contribution in [0.15, 0.2) is 42.6 Å². The highest BCUT2D eigenvalue weighted by Gasteiger charge is 2.19. The van der Waals surface area contributed by atoms with Crippen molar-refractivity contribution in [3.8, 4) is 5.88 Å². The fourth-order valence-corrected chi connectivity index (χ4v) is 2.32. The van der Waals surface area contributed by atoms with Crippen molar-refractivity contribution in [2.24, 2.45) is 0 Å². The monoisotopic (exact) mass is 362 g/mol. The molecule has 0 saturated heterocycles. The molecule has 0 bridgehead atoms. The van der Waals surface area contributed by atoms with E-state index in [0.29, 0.717) is 22.0 Å². The molecule has 0 unspecified atom stereocenters. The van der Waals surface area contributed by atoms with E-state index in [-0.39, 0.29) is 12.5 Å². The zero-order valence-electron chi connectivity index (χ0n) is 13.9. The van der Waals surface area contributed by atoms with Crippen LogP contribution in [0.1, 0.15) is 42.2 Å². The van der Waals surface area contributed by atoms with Gasteiger partial charge in [0.15, 0.2) is 0 Å². The Balaban J connectivity index is 2.13. The minimum absolute atomic E-state index is 0.0166. The first-order valence-electron chi connectivity index (χ1n) is 7.76. The zero-order valence-corrected chi connectivity index (χ0v) is 14.7. The van der Waals surface area contributed by atoms with Crippen LogP contribution in [0.5, 0.6) is 5.88 Å². The number of aliphatic carboxylic acids is 1. The van der Waals surface area contributed by atoms with Crippen LogP contribution in [0.25, 0.3) is 0 Å². The SMILES string of the molecule is CC(C)Oc1ccc(C(=O)N[C@@H](CC(=O)O)c2ccc(Cl)cc2)cn1. The number of carbonyl (C=O) groups is 2. The number of hydrogen-bond donors (Lipinski definition) is 2. The molecular formula is C18H19ClN2O4. The third-order valence-corrected chi connectivity index (χ3v) is 3.56. The number of ether oxygens (including phenoxy) is 1. The number of nitrogens with one attached hydrogen (secondary N) is 1. The third kappa shape index (κ3) is 5.76. The number of pyridine rings is 1. The van der Waals surface area contributed by atoms with Crippen LogP contribution in [0.2, 0.25) is 5.02 Å². The van der Waals surface area contributed by atoms with E-state index in [2.05, 4.69) is 10.3 Å². The minimum atomic E-state index is -1.01. The highest BCUT2D eigenvalue weighted by molar-refractivity contribution is 6.30. The van der Waals surface area contributed by atoms with E-state index >= 15 is 0 Å². The number of carboxylic acids is 1. The van der Waals surface area contributed by atoms with Crippen LogP contribution in [-0.2, 0) is 4.79 Å². The number of aromatic nitrogens is 1. The number of nitrogens with zero attached hydrogens (tertiary/aromatic N) is 1. The van der Waals surface area contributed by atoms with Gasteiger partial charge in [-0.2, -0.15) is 0 Å². The molecule has 1 heterocycles. The van der Waals surface area contributed by atoms with Gasteiger partial charge in [0, 0.05) is 17.3 Å². The molecule has 6 nitrogen and oxygen atoms in total. The van der Waals surface area contributed by atoms with Gasteiger partial charge in [-0.1, -0.05) is 23.7 Å². The second-order valence-corrected chi connectivity index (χ2v) is 6.16. The van der Waals surface area contributed by atoms with Crippen molar-refractivity contribution in [1.29, 1.82) is 0 Å². The number of benzene rings is 1. The molecule has 132 valence electrons. The van der Waals surface area contributed by atoms with Gasteiger partial charge >= 0.3 is 5.97 Å². The topological polar surface area (TPSA) is 88.5 Å². The summed E-state index contributed by atoms with van der Waals surface area (Å²) >= 11 is 5.85. The Bertz CT molecular complexity index is 730. The van der Waals surface area contributed by atoms with E-state index in [4.69, 9.17) is 21.4 Å². The summed E-state index contributed by atoms with van der Waals surface area (Å²) in [7, 11) is 0. The van der Waals surface area contributed by atoms with E-state index in [0.717, 1.165) is 0 Å². The molecule has 0 radical (unpaired) electrons. The zero-order chi connectivity index (χ0) is 18.4. The Kier molecular flexibility index (Phi) is 6.36. The molecule has 0 aliphatic rings. The Hall–Kier alpha value is -2.60. The molecule has 1 atom stereocenters. The molecule has 0 saturated carbocycles. The number of rotatable bonds is 7. The molecule has 0 fully saturated rings. The molecule has 1 aromatic heterocycles. The lowest BCUT2D eigenvalue weighted by molar-refractivity contribution is -0.137. The lowest BCUT2D eigenvalue weighted by Gasteiger charge is -2.17. The van der Waals surface area contributed by atoms with Gasteiger partial charge in [0.25, 0.3) is 5.91 Å². The molecule has 2 aromatic rings. The lowest BCUT2D eigenvalue weighted by Crippen LogP contribution is -2.30. The Labute approximate surface area is 150 Å². The predicted octanol–water partition coefficient (Wildman–Crippen LogP) is 3.47. The summed E-state index contributed by atoms with van der Waals surface area (Å²) in [6.07, 6.45) is 1.14. The number of amides is 1. The van der Waals surface area contributed by atoms with Crippen LogP contribution in [0, 0.1) is 0 Å². The molecule has 0 aliphatic carbocycles.